The molecule has 2 aromatic carbocycles. The Bertz CT molecular complexity index is 641. The van der Waals surface area contributed by atoms with Crippen LogP contribution in [-0.4, -0.2) is 5.78 Å². The van der Waals surface area contributed by atoms with Crippen molar-refractivity contribution in [3.63, 3.8) is 0 Å². The highest BCUT2D eigenvalue weighted by molar-refractivity contribution is 6.30. The van der Waals surface area contributed by atoms with Crippen LogP contribution >= 0.6 is 11.6 Å². The van der Waals surface area contributed by atoms with E-state index in [-0.39, 0.29) is 5.78 Å². The number of hydrogen-bond donors (Lipinski definition) is 0. The Kier molecular flexibility index (Phi) is 4.18. The van der Waals surface area contributed by atoms with Gasteiger partial charge in [-0.1, -0.05) is 41.9 Å². The number of aryl methyl sites for hydroxylation is 2. The Hall–Kier alpha value is -1.86. The highest BCUT2D eigenvalue weighted by atomic mass is 35.5. The van der Waals surface area contributed by atoms with Gasteiger partial charge in [0.25, 0.3) is 0 Å². The molecule has 2 aromatic rings. The second-order valence-corrected chi connectivity index (χ2v) is 4.99. The zero-order valence-corrected chi connectivity index (χ0v) is 11.7. The van der Waals surface area contributed by atoms with Crippen LogP contribution in [0.25, 0.3) is 6.08 Å². The van der Waals surface area contributed by atoms with Crippen molar-refractivity contribution in [2.45, 2.75) is 13.8 Å². The molecule has 0 fully saturated rings. The number of halogens is 1. The molecule has 1 nitrogen and oxygen atoms in total. The summed E-state index contributed by atoms with van der Waals surface area (Å²) in [4.78, 5) is 12.0. The van der Waals surface area contributed by atoms with Crippen LogP contribution in [0.1, 0.15) is 27.0 Å². The summed E-state index contributed by atoms with van der Waals surface area (Å²) >= 11 is 5.90. The van der Waals surface area contributed by atoms with Crippen LogP contribution in [0.4, 0.5) is 0 Å². The van der Waals surface area contributed by atoms with E-state index in [1.807, 2.05) is 56.3 Å². The van der Waals surface area contributed by atoms with Gasteiger partial charge in [0.2, 0.25) is 0 Å². The molecular formula is C17H15ClO. The van der Waals surface area contributed by atoms with Crippen molar-refractivity contribution in [1.82, 2.24) is 0 Å². The lowest BCUT2D eigenvalue weighted by Crippen LogP contribution is -1.95. The molecule has 0 amide bonds. The van der Waals surface area contributed by atoms with Crippen molar-refractivity contribution in [3.8, 4) is 0 Å². The van der Waals surface area contributed by atoms with Crippen molar-refractivity contribution >= 4 is 23.5 Å². The average Bonchev–Trinajstić information content (AvgIpc) is 2.39. The van der Waals surface area contributed by atoms with Crippen molar-refractivity contribution in [3.05, 3.63) is 75.8 Å². The third-order valence-electron chi connectivity index (χ3n) is 3.07. The first-order valence-corrected chi connectivity index (χ1v) is 6.49. The number of carbonyl (C=O) groups is 1. The molecule has 2 rings (SSSR count). The van der Waals surface area contributed by atoms with Crippen LogP contribution in [0.3, 0.4) is 0 Å². The molecule has 0 unspecified atom stereocenters. The second kappa shape index (κ2) is 5.85. The number of ketones is 1. The highest BCUT2D eigenvalue weighted by Gasteiger charge is 2.03. The molecule has 0 saturated carbocycles. The third-order valence-corrected chi connectivity index (χ3v) is 3.30. The van der Waals surface area contributed by atoms with Gasteiger partial charge in [-0.15, -0.1) is 0 Å². The minimum absolute atomic E-state index is 0.00285. The van der Waals surface area contributed by atoms with Crippen LogP contribution in [0.2, 0.25) is 5.02 Å². The number of benzene rings is 2. The van der Waals surface area contributed by atoms with Gasteiger partial charge in [0, 0.05) is 10.6 Å². The van der Waals surface area contributed by atoms with E-state index < -0.39 is 0 Å². The average molecular weight is 271 g/mol. The lowest BCUT2D eigenvalue weighted by Gasteiger charge is -2.02. The largest absolute Gasteiger partial charge is 0.289 e. The molecule has 0 spiro atoms. The van der Waals surface area contributed by atoms with Gasteiger partial charge < -0.3 is 0 Å². The maximum absolute atomic E-state index is 12.0. The standard InChI is InChI=1S/C17H15ClO/c1-12-6-8-15(10-13(12)2)17(19)9-7-14-4-3-5-16(18)11-14/h3-11H,1-2H3/b9-7+. The molecule has 96 valence electrons. The molecule has 0 radical (unpaired) electrons. The summed E-state index contributed by atoms with van der Waals surface area (Å²) in [5.74, 6) is 0.00285. The van der Waals surface area contributed by atoms with E-state index in [2.05, 4.69) is 0 Å². The van der Waals surface area contributed by atoms with Gasteiger partial charge in [0.1, 0.15) is 0 Å². The van der Waals surface area contributed by atoms with Gasteiger partial charge in [-0.05, 0) is 54.8 Å². The summed E-state index contributed by atoms with van der Waals surface area (Å²) in [6.45, 7) is 4.04. The number of carbonyl (C=O) groups excluding carboxylic acids is 1. The maximum atomic E-state index is 12.0. The fourth-order valence-electron chi connectivity index (χ4n) is 1.77. The van der Waals surface area contributed by atoms with E-state index in [0.717, 1.165) is 11.1 Å². The summed E-state index contributed by atoms with van der Waals surface area (Å²) in [6.07, 6.45) is 3.36. The second-order valence-electron chi connectivity index (χ2n) is 4.55. The highest BCUT2D eigenvalue weighted by Crippen LogP contribution is 2.14. The zero-order chi connectivity index (χ0) is 13.8. The van der Waals surface area contributed by atoms with Gasteiger partial charge in [-0.2, -0.15) is 0 Å². The molecule has 0 aliphatic heterocycles. The molecule has 0 atom stereocenters. The summed E-state index contributed by atoms with van der Waals surface area (Å²) in [7, 11) is 0. The Morgan fingerprint density at radius 1 is 1.05 bits per heavy atom. The van der Waals surface area contributed by atoms with Crippen LogP contribution in [0.5, 0.6) is 0 Å². The van der Waals surface area contributed by atoms with E-state index >= 15 is 0 Å². The summed E-state index contributed by atoms with van der Waals surface area (Å²) in [5, 5.41) is 0.667. The lowest BCUT2D eigenvalue weighted by molar-refractivity contribution is 0.104. The first-order chi connectivity index (χ1) is 9.06. The quantitative estimate of drug-likeness (QED) is 0.575. The van der Waals surface area contributed by atoms with E-state index in [1.54, 1.807) is 12.2 Å². The first kappa shape index (κ1) is 13.6. The first-order valence-electron chi connectivity index (χ1n) is 6.11. The molecule has 0 aromatic heterocycles. The number of rotatable bonds is 3. The summed E-state index contributed by atoms with van der Waals surface area (Å²) in [5.41, 5.74) is 3.95. The minimum atomic E-state index is 0.00285. The smallest absolute Gasteiger partial charge is 0.185 e. The molecule has 19 heavy (non-hydrogen) atoms. The van der Waals surface area contributed by atoms with E-state index in [9.17, 15) is 4.79 Å². The fraction of sp³-hybridized carbons (Fsp3) is 0.118. The van der Waals surface area contributed by atoms with E-state index in [0.29, 0.717) is 10.6 Å². The summed E-state index contributed by atoms with van der Waals surface area (Å²) in [6, 6.07) is 13.1. The Labute approximate surface area is 118 Å². The molecule has 0 bridgehead atoms. The molecular weight excluding hydrogens is 256 g/mol. The number of hydrogen-bond acceptors (Lipinski definition) is 1. The van der Waals surface area contributed by atoms with E-state index in [4.69, 9.17) is 11.6 Å². The van der Waals surface area contributed by atoms with Crippen LogP contribution in [0, 0.1) is 13.8 Å². The topological polar surface area (TPSA) is 17.1 Å². The normalized spacial score (nSPS) is 10.9. The molecule has 0 saturated heterocycles. The SMILES string of the molecule is Cc1ccc(C(=O)/C=C/c2cccc(Cl)c2)cc1C. The van der Waals surface area contributed by atoms with Crippen molar-refractivity contribution in [1.29, 1.82) is 0 Å². The van der Waals surface area contributed by atoms with Crippen molar-refractivity contribution < 1.29 is 4.79 Å². The fourth-order valence-corrected chi connectivity index (χ4v) is 1.97. The monoisotopic (exact) mass is 270 g/mol. The van der Waals surface area contributed by atoms with Gasteiger partial charge >= 0.3 is 0 Å². The Morgan fingerprint density at radius 2 is 1.84 bits per heavy atom. The molecule has 0 aliphatic rings. The zero-order valence-electron chi connectivity index (χ0n) is 11.0. The Balaban J connectivity index is 2.19. The van der Waals surface area contributed by atoms with Crippen LogP contribution in [-0.2, 0) is 0 Å². The van der Waals surface area contributed by atoms with Crippen molar-refractivity contribution in [2.75, 3.05) is 0 Å². The predicted octanol–water partition coefficient (Wildman–Crippen LogP) is 4.85. The Morgan fingerprint density at radius 3 is 2.53 bits per heavy atom. The van der Waals surface area contributed by atoms with Gasteiger partial charge in [-0.25, -0.2) is 0 Å². The molecule has 0 heterocycles. The van der Waals surface area contributed by atoms with Gasteiger partial charge in [0.05, 0.1) is 0 Å². The predicted molar refractivity (Wildman–Crippen MR) is 80.7 cm³/mol. The lowest BCUT2D eigenvalue weighted by atomic mass is 10.0. The summed E-state index contributed by atoms with van der Waals surface area (Å²) < 4.78 is 0. The van der Waals surface area contributed by atoms with E-state index in [1.165, 1.54) is 5.56 Å². The maximum Gasteiger partial charge on any atom is 0.185 e. The molecule has 0 aliphatic carbocycles. The third kappa shape index (κ3) is 3.55. The molecule has 2 heteroatoms. The van der Waals surface area contributed by atoms with Crippen LogP contribution in [0.15, 0.2) is 48.5 Å². The van der Waals surface area contributed by atoms with Crippen molar-refractivity contribution in [2.24, 2.45) is 0 Å². The van der Waals surface area contributed by atoms with Gasteiger partial charge in [-0.3, -0.25) is 4.79 Å². The minimum Gasteiger partial charge on any atom is -0.289 e. The number of allylic oxidation sites excluding steroid dienone is 1. The van der Waals surface area contributed by atoms with Crippen LogP contribution < -0.4 is 0 Å². The molecule has 0 N–H and O–H groups in total. The van der Waals surface area contributed by atoms with Gasteiger partial charge in [0.15, 0.2) is 5.78 Å².